The fourth-order valence-corrected chi connectivity index (χ4v) is 4.98. The number of methoxy groups -OCH3 is 1. The van der Waals surface area contributed by atoms with Crippen LogP contribution in [0.4, 0.5) is 5.00 Å². The fourth-order valence-electron chi connectivity index (χ4n) is 3.93. The molecule has 0 saturated heterocycles. The van der Waals surface area contributed by atoms with Crippen LogP contribution in [-0.2, 0) is 14.3 Å². The molecule has 1 fully saturated rings. The molecule has 1 saturated carbocycles. The summed E-state index contributed by atoms with van der Waals surface area (Å²) in [6.07, 6.45) is 5.37. The van der Waals surface area contributed by atoms with Crippen molar-refractivity contribution < 1.29 is 24.2 Å². The number of ether oxygens (including phenoxy) is 1. The Hall–Kier alpha value is -2.15. The molecular weight excluding hydrogens is 342 g/mol. The topological polar surface area (TPSA) is 95.5 Å². The minimum Gasteiger partial charge on any atom is -0.550 e. The van der Waals surface area contributed by atoms with Gasteiger partial charge in [0, 0.05) is 16.8 Å². The third kappa shape index (κ3) is 2.97. The first-order valence-electron chi connectivity index (χ1n) is 8.23. The number of carboxylic acids is 1. The van der Waals surface area contributed by atoms with E-state index in [1.54, 1.807) is 6.92 Å². The van der Waals surface area contributed by atoms with Gasteiger partial charge in [-0.3, -0.25) is 4.79 Å². The van der Waals surface area contributed by atoms with Crippen LogP contribution in [0, 0.1) is 37.5 Å². The summed E-state index contributed by atoms with van der Waals surface area (Å²) in [5, 5.41) is 14.8. The van der Waals surface area contributed by atoms with Gasteiger partial charge in [-0.2, -0.15) is 0 Å². The second-order valence-electron chi connectivity index (χ2n) is 6.63. The maximum Gasteiger partial charge on any atom is 0.341 e. The summed E-state index contributed by atoms with van der Waals surface area (Å²) in [7, 11) is 1.29. The van der Waals surface area contributed by atoms with Crippen molar-refractivity contribution in [3.63, 3.8) is 0 Å². The number of rotatable bonds is 4. The van der Waals surface area contributed by atoms with E-state index in [0.717, 1.165) is 23.3 Å². The molecule has 2 bridgehead atoms. The number of carbonyl (C=O) groups excluding carboxylic acids is 3. The number of amides is 1. The van der Waals surface area contributed by atoms with Crippen molar-refractivity contribution in [1.29, 1.82) is 0 Å². The third-order valence-electron chi connectivity index (χ3n) is 5.33. The van der Waals surface area contributed by atoms with Crippen molar-refractivity contribution in [1.82, 2.24) is 0 Å². The van der Waals surface area contributed by atoms with Crippen LogP contribution in [0.1, 0.15) is 33.6 Å². The molecule has 4 atom stereocenters. The third-order valence-corrected chi connectivity index (χ3v) is 6.46. The molecule has 0 aromatic carbocycles. The summed E-state index contributed by atoms with van der Waals surface area (Å²) in [5.41, 5.74) is 1.09. The van der Waals surface area contributed by atoms with Crippen LogP contribution in [-0.4, -0.2) is 25.0 Å². The smallest absolute Gasteiger partial charge is 0.341 e. The molecule has 0 spiro atoms. The SMILES string of the molecule is COC(=O)c1c(NC(=O)[C@H]2[C@@H](C(=O)[O-])[C@H]3C=C[C@H]2CC3)sc(C)c1C. The average molecular weight is 362 g/mol. The highest BCUT2D eigenvalue weighted by molar-refractivity contribution is 7.16. The van der Waals surface area contributed by atoms with Crippen molar-refractivity contribution >= 4 is 34.2 Å². The zero-order valence-corrected chi connectivity index (χ0v) is 15.1. The summed E-state index contributed by atoms with van der Waals surface area (Å²) >= 11 is 1.29. The van der Waals surface area contributed by atoms with Crippen LogP contribution in [0.25, 0.3) is 0 Å². The predicted molar refractivity (Wildman–Crippen MR) is 91.1 cm³/mol. The zero-order valence-electron chi connectivity index (χ0n) is 14.3. The van der Waals surface area contributed by atoms with E-state index in [0.29, 0.717) is 10.6 Å². The molecule has 1 aromatic heterocycles. The minimum absolute atomic E-state index is 0.114. The van der Waals surface area contributed by atoms with Crippen LogP contribution < -0.4 is 10.4 Å². The van der Waals surface area contributed by atoms with Gasteiger partial charge in [-0.15, -0.1) is 11.3 Å². The summed E-state index contributed by atoms with van der Waals surface area (Å²) in [6.45, 7) is 3.65. The number of thiophene rings is 1. The number of carboxylic acid groups (broad SMARTS) is 1. The van der Waals surface area contributed by atoms with Crippen LogP contribution in [0.5, 0.6) is 0 Å². The standard InChI is InChI=1S/C18H21NO5S/c1-8-9(2)25-16(12(8)18(23)24-3)19-15(20)13-10-4-6-11(7-5-10)14(13)17(21)22/h4,6,10-11,13-14H,5,7H2,1-3H3,(H,19,20)(H,21,22)/p-1/t10-,11-,13+,14-/m0/s1. The lowest BCUT2D eigenvalue weighted by Gasteiger charge is -2.44. The second-order valence-corrected chi connectivity index (χ2v) is 7.85. The molecule has 0 aliphatic heterocycles. The first-order valence-corrected chi connectivity index (χ1v) is 9.05. The average Bonchev–Trinajstić information content (AvgIpc) is 2.88. The number of esters is 1. The molecule has 1 heterocycles. The molecule has 4 rings (SSSR count). The quantitative estimate of drug-likeness (QED) is 0.649. The van der Waals surface area contributed by atoms with Gasteiger partial charge in [-0.25, -0.2) is 4.79 Å². The molecule has 0 unspecified atom stereocenters. The molecule has 1 aromatic rings. The number of hydrogen-bond donors (Lipinski definition) is 1. The van der Waals surface area contributed by atoms with Gasteiger partial charge in [-0.1, -0.05) is 12.2 Å². The Morgan fingerprint density at radius 3 is 2.28 bits per heavy atom. The van der Waals surface area contributed by atoms with E-state index < -0.39 is 23.8 Å². The zero-order chi connectivity index (χ0) is 18.3. The molecule has 1 N–H and O–H groups in total. The highest BCUT2D eigenvalue weighted by Gasteiger charge is 2.45. The Bertz CT molecular complexity index is 766. The van der Waals surface area contributed by atoms with E-state index in [9.17, 15) is 19.5 Å². The van der Waals surface area contributed by atoms with Gasteiger partial charge in [0.1, 0.15) is 5.00 Å². The van der Waals surface area contributed by atoms with Gasteiger partial charge in [0.2, 0.25) is 5.91 Å². The van der Waals surface area contributed by atoms with Gasteiger partial charge >= 0.3 is 5.97 Å². The van der Waals surface area contributed by atoms with E-state index in [1.807, 2.05) is 19.1 Å². The first kappa shape index (κ1) is 17.7. The number of hydrogen-bond acceptors (Lipinski definition) is 6. The molecule has 25 heavy (non-hydrogen) atoms. The maximum atomic E-state index is 12.9. The summed E-state index contributed by atoms with van der Waals surface area (Å²) in [6, 6.07) is 0. The summed E-state index contributed by atoms with van der Waals surface area (Å²) in [5.74, 6) is -3.87. The highest BCUT2D eigenvalue weighted by atomic mass is 32.1. The Morgan fingerprint density at radius 2 is 1.76 bits per heavy atom. The van der Waals surface area contributed by atoms with Crippen molar-refractivity contribution in [2.75, 3.05) is 12.4 Å². The second kappa shape index (κ2) is 6.63. The van der Waals surface area contributed by atoms with Crippen molar-refractivity contribution in [2.24, 2.45) is 23.7 Å². The van der Waals surface area contributed by atoms with Crippen molar-refractivity contribution in [3.8, 4) is 0 Å². The highest BCUT2D eigenvalue weighted by Crippen LogP contribution is 2.45. The van der Waals surface area contributed by atoms with Gasteiger partial charge in [0.15, 0.2) is 0 Å². The van der Waals surface area contributed by atoms with E-state index in [4.69, 9.17) is 4.74 Å². The van der Waals surface area contributed by atoms with Crippen LogP contribution in [0.15, 0.2) is 12.2 Å². The van der Waals surface area contributed by atoms with Gasteiger partial charge < -0.3 is 20.0 Å². The molecule has 7 heteroatoms. The number of allylic oxidation sites excluding steroid dienone is 2. The summed E-state index contributed by atoms with van der Waals surface area (Å²) in [4.78, 5) is 37.4. The van der Waals surface area contributed by atoms with E-state index in [2.05, 4.69) is 5.32 Å². The Morgan fingerprint density at radius 1 is 1.16 bits per heavy atom. The maximum absolute atomic E-state index is 12.9. The van der Waals surface area contributed by atoms with E-state index in [1.165, 1.54) is 18.4 Å². The van der Waals surface area contributed by atoms with Crippen LogP contribution in [0.2, 0.25) is 0 Å². The number of aliphatic carboxylic acids is 1. The van der Waals surface area contributed by atoms with Crippen molar-refractivity contribution in [3.05, 3.63) is 28.2 Å². The monoisotopic (exact) mass is 362 g/mol. The number of carbonyl (C=O) groups is 3. The Kier molecular flexibility index (Phi) is 4.69. The lowest BCUT2D eigenvalue weighted by atomic mass is 9.62. The molecule has 3 aliphatic carbocycles. The number of aryl methyl sites for hydroxylation is 1. The summed E-state index contributed by atoms with van der Waals surface area (Å²) < 4.78 is 4.81. The number of nitrogens with one attached hydrogen (secondary N) is 1. The van der Waals surface area contributed by atoms with E-state index >= 15 is 0 Å². The van der Waals surface area contributed by atoms with Crippen LogP contribution >= 0.6 is 11.3 Å². The Labute approximate surface area is 149 Å². The molecule has 1 amide bonds. The van der Waals surface area contributed by atoms with Crippen LogP contribution in [0.3, 0.4) is 0 Å². The molecule has 0 radical (unpaired) electrons. The molecule has 3 aliphatic rings. The van der Waals surface area contributed by atoms with Gasteiger partial charge in [0.05, 0.1) is 18.6 Å². The lowest BCUT2D eigenvalue weighted by molar-refractivity contribution is -0.316. The molecule has 134 valence electrons. The van der Waals surface area contributed by atoms with Crippen molar-refractivity contribution in [2.45, 2.75) is 26.7 Å². The first-order chi connectivity index (χ1) is 11.8. The lowest BCUT2D eigenvalue weighted by Crippen LogP contribution is -2.51. The molecular formula is C18H20NO5S-. The number of fused-ring (bicyclic) bond motifs is 2. The normalized spacial score (nSPS) is 27.2. The van der Waals surface area contributed by atoms with Gasteiger partial charge in [-0.05, 0) is 44.1 Å². The Balaban J connectivity index is 1.90. The predicted octanol–water partition coefficient (Wildman–Crippen LogP) is 1.67. The van der Waals surface area contributed by atoms with Gasteiger partial charge in [0.25, 0.3) is 0 Å². The number of anilines is 1. The minimum atomic E-state index is -1.19. The largest absolute Gasteiger partial charge is 0.550 e. The molecule has 6 nitrogen and oxygen atoms in total. The van der Waals surface area contributed by atoms with E-state index in [-0.39, 0.29) is 17.7 Å². The fraction of sp³-hybridized carbons (Fsp3) is 0.500.